The van der Waals surface area contributed by atoms with Crippen molar-refractivity contribution in [3.8, 4) is 11.5 Å². The minimum atomic E-state index is -0.665. The smallest absolute Gasteiger partial charge is 0.308 e. The number of ether oxygens (including phenoxy) is 3. The lowest BCUT2D eigenvalue weighted by Gasteiger charge is -2.08. The number of hydrogen-bond acceptors (Lipinski definition) is 5. The van der Waals surface area contributed by atoms with Gasteiger partial charge in [-0.1, -0.05) is 0 Å². The molecule has 0 spiro atoms. The van der Waals surface area contributed by atoms with Gasteiger partial charge in [0.15, 0.2) is 6.79 Å². The first-order valence-electron chi connectivity index (χ1n) is 4.68. The van der Waals surface area contributed by atoms with Crippen LogP contribution in [-0.2, 0) is 9.53 Å². The molecule has 0 fully saturated rings. The Morgan fingerprint density at radius 2 is 1.88 bits per heavy atom. The zero-order valence-corrected chi connectivity index (χ0v) is 10.1. The molecule has 92 valence electrons. The number of hydrogen-bond donors (Lipinski definition) is 0. The molecule has 0 unspecified atom stereocenters. The molecule has 1 rings (SSSR count). The normalized spacial score (nSPS) is 9.82. The van der Waals surface area contributed by atoms with Crippen molar-refractivity contribution in [1.82, 2.24) is 0 Å². The fourth-order valence-corrected chi connectivity index (χ4v) is 1.23. The second-order valence-corrected chi connectivity index (χ2v) is 3.45. The molecule has 17 heavy (non-hydrogen) atoms. The summed E-state index contributed by atoms with van der Waals surface area (Å²) < 4.78 is 14.7. The van der Waals surface area contributed by atoms with Crippen molar-refractivity contribution in [2.75, 3.05) is 13.9 Å². The summed E-state index contributed by atoms with van der Waals surface area (Å²) in [5, 5.41) is -0.665. The summed E-state index contributed by atoms with van der Waals surface area (Å²) in [4.78, 5) is 21.9. The van der Waals surface area contributed by atoms with Gasteiger partial charge in [-0.2, -0.15) is 0 Å². The summed E-state index contributed by atoms with van der Waals surface area (Å²) in [5.41, 5.74) is 0.177. The maximum atomic E-state index is 11.0. The lowest BCUT2D eigenvalue weighted by atomic mass is 10.2. The van der Waals surface area contributed by atoms with Gasteiger partial charge in [0.05, 0.1) is 0 Å². The molecule has 0 aliphatic carbocycles. The van der Waals surface area contributed by atoms with Gasteiger partial charge in [-0.15, -0.1) is 0 Å². The largest absolute Gasteiger partial charge is 0.467 e. The average Bonchev–Trinajstić information content (AvgIpc) is 2.25. The molecular formula is C11H11ClO5. The predicted octanol–water partition coefficient (Wildman–Crippen LogP) is 1.97. The fourth-order valence-electron chi connectivity index (χ4n) is 1.12. The van der Waals surface area contributed by atoms with Crippen LogP contribution in [0.15, 0.2) is 18.2 Å². The van der Waals surface area contributed by atoms with Crippen LogP contribution in [-0.4, -0.2) is 25.1 Å². The Morgan fingerprint density at radius 3 is 2.41 bits per heavy atom. The highest BCUT2D eigenvalue weighted by molar-refractivity contribution is 6.67. The second kappa shape index (κ2) is 6.22. The monoisotopic (exact) mass is 258 g/mol. The standard InChI is InChI=1S/C11H11ClO5/c1-7(13)17-10-4-8(11(12)14)3-9(5-10)16-6-15-2/h3-5H,6H2,1-2H3. The maximum Gasteiger partial charge on any atom is 0.308 e. The molecular weight excluding hydrogens is 248 g/mol. The van der Waals surface area contributed by atoms with E-state index in [1.807, 2.05) is 0 Å². The van der Waals surface area contributed by atoms with Crippen molar-refractivity contribution >= 4 is 22.8 Å². The van der Waals surface area contributed by atoms with Crippen LogP contribution in [0.5, 0.6) is 11.5 Å². The summed E-state index contributed by atoms with van der Waals surface area (Å²) in [6.45, 7) is 1.27. The highest BCUT2D eigenvalue weighted by Gasteiger charge is 2.09. The van der Waals surface area contributed by atoms with E-state index < -0.39 is 11.2 Å². The summed E-state index contributed by atoms with van der Waals surface area (Å²) in [6, 6.07) is 4.25. The molecule has 0 saturated carbocycles. The molecule has 6 heteroatoms. The first-order chi connectivity index (χ1) is 8.02. The van der Waals surface area contributed by atoms with Crippen molar-refractivity contribution < 1.29 is 23.8 Å². The van der Waals surface area contributed by atoms with Crippen LogP contribution in [0.4, 0.5) is 0 Å². The van der Waals surface area contributed by atoms with E-state index in [9.17, 15) is 9.59 Å². The van der Waals surface area contributed by atoms with Crippen molar-refractivity contribution in [1.29, 1.82) is 0 Å². The number of carbonyl (C=O) groups is 2. The maximum absolute atomic E-state index is 11.0. The fraction of sp³-hybridized carbons (Fsp3) is 0.273. The third-order valence-electron chi connectivity index (χ3n) is 1.71. The van der Waals surface area contributed by atoms with E-state index in [4.69, 9.17) is 25.8 Å². The van der Waals surface area contributed by atoms with Crippen LogP contribution in [0.25, 0.3) is 0 Å². The predicted molar refractivity (Wildman–Crippen MR) is 60.4 cm³/mol. The van der Waals surface area contributed by atoms with Gasteiger partial charge in [0.25, 0.3) is 5.24 Å². The van der Waals surface area contributed by atoms with Crippen LogP contribution < -0.4 is 9.47 Å². The van der Waals surface area contributed by atoms with Crippen molar-refractivity contribution in [3.05, 3.63) is 23.8 Å². The molecule has 0 amide bonds. The van der Waals surface area contributed by atoms with Gasteiger partial charge in [-0.3, -0.25) is 9.59 Å². The first-order valence-corrected chi connectivity index (χ1v) is 5.06. The quantitative estimate of drug-likeness (QED) is 0.350. The van der Waals surface area contributed by atoms with Gasteiger partial charge in [0.1, 0.15) is 11.5 Å². The second-order valence-electron chi connectivity index (χ2n) is 3.11. The van der Waals surface area contributed by atoms with Gasteiger partial charge >= 0.3 is 5.97 Å². The molecule has 0 bridgehead atoms. The Balaban J connectivity index is 3.00. The Kier molecular flexibility index (Phi) is 4.93. The highest BCUT2D eigenvalue weighted by atomic mass is 35.5. The molecule has 0 saturated heterocycles. The Hall–Kier alpha value is -1.59. The lowest BCUT2D eigenvalue weighted by Crippen LogP contribution is -2.04. The van der Waals surface area contributed by atoms with E-state index in [2.05, 4.69) is 0 Å². The zero-order valence-electron chi connectivity index (χ0n) is 9.36. The molecule has 0 heterocycles. The van der Waals surface area contributed by atoms with E-state index in [-0.39, 0.29) is 18.1 Å². The van der Waals surface area contributed by atoms with Crippen LogP contribution in [0.2, 0.25) is 0 Å². The van der Waals surface area contributed by atoms with Gasteiger partial charge in [0.2, 0.25) is 0 Å². The number of carbonyl (C=O) groups excluding carboxylic acids is 2. The van der Waals surface area contributed by atoms with Gasteiger partial charge in [0, 0.05) is 25.7 Å². The topological polar surface area (TPSA) is 61.8 Å². The lowest BCUT2D eigenvalue weighted by molar-refractivity contribution is -0.131. The number of methoxy groups -OCH3 is 1. The summed E-state index contributed by atoms with van der Waals surface area (Å²) >= 11 is 5.35. The van der Waals surface area contributed by atoms with Gasteiger partial charge in [-0.05, 0) is 23.7 Å². The first kappa shape index (κ1) is 13.5. The SMILES string of the molecule is COCOc1cc(OC(C)=O)cc(C(=O)Cl)c1. The molecule has 0 radical (unpaired) electrons. The molecule has 0 aromatic heterocycles. The summed E-state index contributed by atoms with van der Waals surface area (Å²) in [7, 11) is 1.46. The molecule has 0 aliphatic rings. The Bertz CT molecular complexity index is 430. The van der Waals surface area contributed by atoms with Crippen LogP contribution in [0.1, 0.15) is 17.3 Å². The molecule has 0 atom stereocenters. The minimum Gasteiger partial charge on any atom is -0.467 e. The summed E-state index contributed by atoms with van der Waals surface area (Å²) in [5.74, 6) is 0.0200. The van der Waals surface area contributed by atoms with Crippen LogP contribution in [0, 0.1) is 0 Å². The highest BCUT2D eigenvalue weighted by Crippen LogP contribution is 2.24. The zero-order chi connectivity index (χ0) is 12.8. The Morgan fingerprint density at radius 1 is 1.24 bits per heavy atom. The van der Waals surface area contributed by atoms with Crippen LogP contribution >= 0.6 is 11.6 Å². The third kappa shape index (κ3) is 4.42. The van der Waals surface area contributed by atoms with Gasteiger partial charge in [-0.25, -0.2) is 0 Å². The van der Waals surface area contributed by atoms with E-state index in [0.717, 1.165) is 0 Å². The van der Waals surface area contributed by atoms with E-state index in [1.165, 1.54) is 32.2 Å². The van der Waals surface area contributed by atoms with Crippen LogP contribution in [0.3, 0.4) is 0 Å². The molecule has 1 aromatic carbocycles. The van der Waals surface area contributed by atoms with E-state index in [0.29, 0.717) is 5.75 Å². The van der Waals surface area contributed by atoms with Crippen molar-refractivity contribution in [2.24, 2.45) is 0 Å². The number of rotatable bonds is 5. The van der Waals surface area contributed by atoms with Crippen molar-refractivity contribution in [2.45, 2.75) is 6.92 Å². The Labute approximate surface area is 103 Å². The number of halogens is 1. The number of benzene rings is 1. The van der Waals surface area contributed by atoms with E-state index in [1.54, 1.807) is 0 Å². The summed E-state index contributed by atoms with van der Waals surface area (Å²) in [6.07, 6.45) is 0. The molecule has 0 aliphatic heterocycles. The number of esters is 1. The molecule has 1 aromatic rings. The van der Waals surface area contributed by atoms with Gasteiger partial charge < -0.3 is 14.2 Å². The minimum absolute atomic E-state index is 0.0133. The third-order valence-corrected chi connectivity index (χ3v) is 1.93. The molecule has 0 N–H and O–H groups in total. The molecule has 5 nitrogen and oxygen atoms in total. The van der Waals surface area contributed by atoms with E-state index >= 15 is 0 Å². The van der Waals surface area contributed by atoms with Crippen molar-refractivity contribution in [3.63, 3.8) is 0 Å². The average molecular weight is 259 g/mol.